The molecule has 2 aromatic heterocycles. The van der Waals surface area contributed by atoms with Crippen LogP contribution in [0.15, 0.2) is 42.0 Å². The first kappa shape index (κ1) is 22.9. The summed E-state index contributed by atoms with van der Waals surface area (Å²) in [5.41, 5.74) is 2.85. The molecule has 0 spiro atoms. The number of benzene rings is 1. The third-order valence-electron chi connectivity index (χ3n) is 6.24. The summed E-state index contributed by atoms with van der Waals surface area (Å²) in [4.78, 5) is 5.53. The van der Waals surface area contributed by atoms with Gasteiger partial charge in [-0.2, -0.15) is 0 Å². The van der Waals surface area contributed by atoms with Gasteiger partial charge in [0.15, 0.2) is 4.96 Å². The Hall–Kier alpha value is -1.81. The average Bonchev–Trinajstić information content (AvgIpc) is 3.38. The second-order valence-corrected chi connectivity index (χ2v) is 9.35. The zero-order chi connectivity index (χ0) is 21.2. The molecule has 2 heterocycles. The maximum Gasteiger partial charge on any atom is 0.193 e. The number of ether oxygens (including phenoxy) is 1. The van der Waals surface area contributed by atoms with Crippen LogP contribution in [-0.2, 0) is 0 Å². The predicted molar refractivity (Wildman–Crippen MR) is 129 cm³/mol. The molecular weight excluding hydrogens is 388 g/mol. The van der Waals surface area contributed by atoms with Gasteiger partial charge in [0.25, 0.3) is 0 Å². The van der Waals surface area contributed by atoms with Crippen LogP contribution in [0.3, 0.4) is 0 Å². The number of unbranched alkanes of at least 4 members (excludes halogenated alkanes) is 4. The molecule has 0 aliphatic carbocycles. The maximum absolute atomic E-state index is 5.91. The Morgan fingerprint density at radius 2 is 1.80 bits per heavy atom. The number of hydrogen-bond donors (Lipinski definition) is 0. The first-order valence-electron chi connectivity index (χ1n) is 11.9. The fourth-order valence-corrected chi connectivity index (χ4v) is 5.16. The SMILES string of the molecule is CCCCCCCOc1ccc(C(C)CCCC(CC)c2csc3nccn23)cc1. The monoisotopic (exact) mass is 426 g/mol. The molecule has 0 amide bonds. The van der Waals surface area contributed by atoms with Crippen molar-refractivity contribution in [3.63, 3.8) is 0 Å². The molecule has 3 aromatic rings. The third-order valence-corrected chi connectivity index (χ3v) is 7.11. The maximum atomic E-state index is 5.91. The smallest absolute Gasteiger partial charge is 0.193 e. The number of hydrogen-bond acceptors (Lipinski definition) is 3. The summed E-state index contributed by atoms with van der Waals surface area (Å²) in [6.07, 6.45) is 15.3. The van der Waals surface area contributed by atoms with E-state index in [4.69, 9.17) is 4.74 Å². The Bertz CT molecular complexity index is 851. The number of thiazole rings is 1. The van der Waals surface area contributed by atoms with E-state index in [0.29, 0.717) is 11.8 Å². The van der Waals surface area contributed by atoms with Crippen LogP contribution in [0.25, 0.3) is 4.96 Å². The van der Waals surface area contributed by atoms with E-state index in [1.807, 2.05) is 6.20 Å². The van der Waals surface area contributed by atoms with E-state index in [-0.39, 0.29) is 0 Å². The summed E-state index contributed by atoms with van der Waals surface area (Å²) >= 11 is 1.75. The summed E-state index contributed by atoms with van der Waals surface area (Å²) < 4.78 is 8.18. The van der Waals surface area contributed by atoms with Crippen LogP contribution in [0.1, 0.15) is 102 Å². The minimum atomic E-state index is 0.585. The van der Waals surface area contributed by atoms with Crippen LogP contribution < -0.4 is 4.74 Å². The van der Waals surface area contributed by atoms with Gasteiger partial charge in [-0.1, -0.05) is 65.0 Å². The van der Waals surface area contributed by atoms with E-state index in [1.165, 1.54) is 62.6 Å². The topological polar surface area (TPSA) is 26.5 Å². The van der Waals surface area contributed by atoms with Crippen LogP contribution in [0.4, 0.5) is 0 Å². The molecule has 30 heavy (non-hydrogen) atoms. The molecule has 164 valence electrons. The molecule has 0 fully saturated rings. The minimum Gasteiger partial charge on any atom is -0.494 e. The molecule has 0 aliphatic heterocycles. The van der Waals surface area contributed by atoms with Crippen LogP contribution in [-0.4, -0.2) is 16.0 Å². The van der Waals surface area contributed by atoms with E-state index >= 15 is 0 Å². The Labute approximate surface area is 186 Å². The van der Waals surface area contributed by atoms with Gasteiger partial charge in [-0.05, 0) is 49.3 Å². The second kappa shape index (κ2) is 12.1. The zero-order valence-corrected chi connectivity index (χ0v) is 19.8. The number of aromatic nitrogens is 2. The fourth-order valence-electron chi connectivity index (χ4n) is 4.22. The molecule has 3 nitrogen and oxygen atoms in total. The summed E-state index contributed by atoms with van der Waals surface area (Å²) in [5.74, 6) is 2.21. The number of rotatable bonds is 14. The second-order valence-electron chi connectivity index (χ2n) is 8.51. The van der Waals surface area contributed by atoms with Gasteiger partial charge in [0.2, 0.25) is 0 Å². The van der Waals surface area contributed by atoms with E-state index < -0.39 is 0 Å². The predicted octanol–water partition coefficient (Wildman–Crippen LogP) is 8.21. The van der Waals surface area contributed by atoms with Crippen molar-refractivity contribution in [1.29, 1.82) is 0 Å². The van der Waals surface area contributed by atoms with Gasteiger partial charge in [-0.15, -0.1) is 11.3 Å². The van der Waals surface area contributed by atoms with Crippen LogP contribution >= 0.6 is 11.3 Å². The lowest BCUT2D eigenvalue weighted by atomic mass is 9.90. The largest absolute Gasteiger partial charge is 0.494 e. The standard InChI is InChI=1S/C26H38N2OS/c1-4-6-7-8-9-19-29-24-15-13-23(14-16-24)21(3)11-10-12-22(5-2)25-20-30-26-27-17-18-28(25)26/h13-18,20-22H,4-12,19H2,1-3H3. The van der Waals surface area contributed by atoms with Gasteiger partial charge in [0.1, 0.15) is 5.75 Å². The molecule has 0 radical (unpaired) electrons. The molecule has 1 aromatic carbocycles. The van der Waals surface area contributed by atoms with E-state index in [2.05, 4.69) is 66.0 Å². The van der Waals surface area contributed by atoms with E-state index in [0.717, 1.165) is 23.7 Å². The highest BCUT2D eigenvalue weighted by molar-refractivity contribution is 7.15. The summed E-state index contributed by atoms with van der Waals surface area (Å²) in [5, 5.41) is 2.29. The van der Waals surface area contributed by atoms with Crippen molar-refractivity contribution in [3.8, 4) is 5.75 Å². The van der Waals surface area contributed by atoms with Crippen LogP contribution in [0, 0.1) is 0 Å². The first-order chi connectivity index (χ1) is 14.7. The molecule has 0 saturated carbocycles. The van der Waals surface area contributed by atoms with Gasteiger partial charge >= 0.3 is 0 Å². The van der Waals surface area contributed by atoms with Crippen molar-refractivity contribution in [2.75, 3.05) is 6.61 Å². The number of nitrogens with zero attached hydrogens (tertiary/aromatic N) is 2. The van der Waals surface area contributed by atoms with Crippen molar-refractivity contribution >= 4 is 16.3 Å². The summed E-state index contributed by atoms with van der Waals surface area (Å²) in [6.45, 7) is 7.74. The highest BCUT2D eigenvalue weighted by Crippen LogP contribution is 2.31. The number of imidazole rings is 1. The Morgan fingerprint density at radius 3 is 2.57 bits per heavy atom. The van der Waals surface area contributed by atoms with Gasteiger partial charge in [0, 0.05) is 29.4 Å². The van der Waals surface area contributed by atoms with Crippen LogP contribution in [0.2, 0.25) is 0 Å². The van der Waals surface area contributed by atoms with Crippen molar-refractivity contribution < 1.29 is 4.74 Å². The highest BCUT2D eigenvalue weighted by atomic mass is 32.1. The molecule has 2 unspecified atom stereocenters. The lowest BCUT2D eigenvalue weighted by Gasteiger charge is -2.17. The molecule has 3 rings (SSSR count). The molecule has 4 heteroatoms. The molecule has 0 N–H and O–H groups in total. The third kappa shape index (κ3) is 6.34. The van der Waals surface area contributed by atoms with Crippen molar-refractivity contribution in [1.82, 2.24) is 9.38 Å². The summed E-state index contributed by atoms with van der Waals surface area (Å²) in [7, 11) is 0. The van der Waals surface area contributed by atoms with Crippen LogP contribution in [0.5, 0.6) is 5.75 Å². The molecular formula is C26H38N2OS. The Balaban J connectivity index is 1.41. The molecule has 2 atom stereocenters. The average molecular weight is 427 g/mol. The molecule has 0 bridgehead atoms. The zero-order valence-electron chi connectivity index (χ0n) is 19.0. The highest BCUT2D eigenvalue weighted by Gasteiger charge is 2.15. The van der Waals surface area contributed by atoms with Crippen molar-refractivity contribution in [3.05, 3.63) is 53.3 Å². The van der Waals surface area contributed by atoms with E-state index in [1.54, 1.807) is 11.3 Å². The van der Waals surface area contributed by atoms with Crippen molar-refractivity contribution in [2.24, 2.45) is 0 Å². The van der Waals surface area contributed by atoms with Gasteiger partial charge < -0.3 is 4.74 Å². The Morgan fingerprint density at radius 1 is 1.00 bits per heavy atom. The minimum absolute atomic E-state index is 0.585. The number of fused-ring (bicyclic) bond motifs is 1. The molecule has 0 saturated heterocycles. The lowest BCUT2D eigenvalue weighted by Crippen LogP contribution is -2.02. The first-order valence-corrected chi connectivity index (χ1v) is 12.7. The Kier molecular flexibility index (Phi) is 9.26. The quantitative estimate of drug-likeness (QED) is 0.243. The van der Waals surface area contributed by atoms with E-state index in [9.17, 15) is 0 Å². The van der Waals surface area contributed by atoms with Gasteiger partial charge in [-0.3, -0.25) is 4.40 Å². The van der Waals surface area contributed by atoms with Crippen molar-refractivity contribution in [2.45, 2.75) is 90.4 Å². The normalized spacial score (nSPS) is 13.6. The van der Waals surface area contributed by atoms with Gasteiger partial charge in [-0.25, -0.2) is 4.98 Å². The lowest BCUT2D eigenvalue weighted by molar-refractivity contribution is 0.304. The molecule has 0 aliphatic rings. The van der Waals surface area contributed by atoms with Gasteiger partial charge in [0.05, 0.1) is 6.61 Å². The summed E-state index contributed by atoms with van der Waals surface area (Å²) in [6, 6.07) is 8.80. The fraction of sp³-hybridized carbons (Fsp3) is 0.577.